The Morgan fingerprint density at radius 1 is 1.10 bits per heavy atom. The average molecular weight is 300 g/mol. The van der Waals surface area contributed by atoms with Crippen LogP contribution in [0.2, 0.25) is 5.02 Å². The molecule has 5 nitrogen and oxygen atoms in total. The minimum absolute atomic E-state index is 0.100. The number of hydrogen-bond donors (Lipinski definition) is 1. The Morgan fingerprint density at radius 2 is 1.86 bits per heavy atom. The second-order valence-electron chi connectivity index (χ2n) is 4.42. The first-order valence-corrected chi connectivity index (χ1v) is 6.57. The van der Waals surface area contributed by atoms with E-state index in [0.29, 0.717) is 5.69 Å². The van der Waals surface area contributed by atoms with Gasteiger partial charge in [0.25, 0.3) is 0 Å². The molecule has 0 fully saturated rings. The van der Waals surface area contributed by atoms with Crippen molar-refractivity contribution in [2.75, 3.05) is 5.32 Å². The number of rotatable bonds is 3. The molecular formula is C15H10ClN3O2. The average Bonchev–Trinajstić information content (AvgIpc) is 2.47. The number of para-hydroxylation sites is 1. The number of benzene rings is 2. The Hall–Kier alpha value is -2.66. The number of nitrogens with zero attached hydrogens (tertiary/aromatic N) is 2. The maximum atomic E-state index is 11.2. The van der Waals surface area contributed by atoms with Crippen molar-refractivity contribution in [1.82, 2.24) is 4.98 Å². The Labute approximate surface area is 125 Å². The Balaban J connectivity index is 2.12. The molecule has 1 aromatic heterocycles. The van der Waals surface area contributed by atoms with Crippen molar-refractivity contribution in [3.8, 4) is 0 Å². The van der Waals surface area contributed by atoms with E-state index in [1.807, 2.05) is 24.3 Å². The Kier molecular flexibility index (Phi) is 3.41. The molecular weight excluding hydrogens is 290 g/mol. The van der Waals surface area contributed by atoms with E-state index in [4.69, 9.17) is 11.6 Å². The fourth-order valence-corrected chi connectivity index (χ4v) is 2.41. The van der Waals surface area contributed by atoms with Gasteiger partial charge in [-0.2, -0.15) is 0 Å². The number of fused-ring (bicyclic) bond motifs is 1. The van der Waals surface area contributed by atoms with Gasteiger partial charge in [0, 0.05) is 23.5 Å². The summed E-state index contributed by atoms with van der Waals surface area (Å²) < 4.78 is 0. The predicted molar refractivity (Wildman–Crippen MR) is 83.1 cm³/mol. The van der Waals surface area contributed by atoms with Crippen LogP contribution >= 0.6 is 11.6 Å². The highest BCUT2D eigenvalue weighted by Gasteiger charge is 2.18. The van der Waals surface area contributed by atoms with Crippen LogP contribution in [0, 0.1) is 10.1 Å². The molecule has 0 spiro atoms. The normalized spacial score (nSPS) is 10.5. The van der Waals surface area contributed by atoms with E-state index in [0.717, 1.165) is 16.5 Å². The summed E-state index contributed by atoms with van der Waals surface area (Å²) in [5.41, 5.74) is 0.954. The van der Waals surface area contributed by atoms with Crippen molar-refractivity contribution >= 4 is 39.4 Å². The number of hydrogen-bond acceptors (Lipinski definition) is 4. The summed E-state index contributed by atoms with van der Waals surface area (Å²) in [6.07, 6.45) is 3.42. The molecule has 2 aromatic carbocycles. The predicted octanol–water partition coefficient (Wildman–Crippen LogP) is 4.54. The molecule has 1 heterocycles. The molecule has 21 heavy (non-hydrogen) atoms. The van der Waals surface area contributed by atoms with Gasteiger partial charge in [-0.05, 0) is 29.7 Å². The second kappa shape index (κ2) is 5.38. The summed E-state index contributed by atoms with van der Waals surface area (Å²) in [5, 5.41) is 16.2. The maximum absolute atomic E-state index is 11.2. The van der Waals surface area contributed by atoms with E-state index >= 15 is 0 Å². The highest BCUT2D eigenvalue weighted by Crippen LogP contribution is 2.35. The van der Waals surface area contributed by atoms with Crippen molar-refractivity contribution in [2.24, 2.45) is 0 Å². The maximum Gasteiger partial charge on any atom is 0.311 e. The van der Waals surface area contributed by atoms with Crippen LogP contribution in [0.25, 0.3) is 10.8 Å². The lowest BCUT2D eigenvalue weighted by Crippen LogP contribution is -1.98. The summed E-state index contributed by atoms with van der Waals surface area (Å²) in [4.78, 5) is 14.8. The molecule has 6 heteroatoms. The molecule has 0 atom stereocenters. The van der Waals surface area contributed by atoms with E-state index in [2.05, 4.69) is 10.3 Å². The molecule has 3 aromatic rings. The third kappa shape index (κ3) is 2.51. The van der Waals surface area contributed by atoms with E-state index in [9.17, 15) is 10.1 Å². The molecule has 0 aliphatic carbocycles. The van der Waals surface area contributed by atoms with E-state index < -0.39 is 4.92 Å². The van der Waals surface area contributed by atoms with Crippen LogP contribution in [0.4, 0.5) is 17.1 Å². The SMILES string of the molecule is O=[N+]([O-])c1c(Cl)cccc1Nc1cccc2ccncc12. The van der Waals surface area contributed by atoms with Gasteiger partial charge in [0.05, 0.1) is 4.92 Å². The lowest BCUT2D eigenvalue weighted by atomic mass is 10.1. The highest BCUT2D eigenvalue weighted by molar-refractivity contribution is 6.33. The number of nitrogens with one attached hydrogen (secondary N) is 1. The number of nitro benzene ring substituents is 1. The zero-order valence-electron chi connectivity index (χ0n) is 10.8. The molecule has 0 amide bonds. The second-order valence-corrected chi connectivity index (χ2v) is 4.83. The number of pyridine rings is 1. The first-order chi connectivity index (χ1) is 10.2. The van der Waals surface area contributed by atoms with Crippen molar-refractivity contribution in [1.29, 1.82) is 0 Å². The molecule has 104 valence electrons. The smallest absolute Gasteiger partial charge is 0.311 e. The molecule has 3 rings (SSSR count). The first-order valence-electron chi connectivity index (χ1n) is 6.19. The summed E-state index contributed by atoms with van der Waals surface area (Å²) in [6.45, 7) is 0. The van der Waals surface area contributed by atoms with Gasteiger partial charge in [-0.15, -0.1) is 0 Å². The molecule has 0 unspecified atom stereocenters. The minimum Gasteiger partial charge on any atom is -0.349 e. The summed E-state index contributed by atoms with van der Waals surface area (Å²) in [7, 11) is 0. The zero-order chi connectivity index (χ0) is 14.8. The number of anilines is 2. The van der Waals surface area contributed by atoms with Crippen LogP contribution in [0.3, 0.4) is 0 Å². The van der Waals surface area contributed by atoms with E-state index in [-0.39, 0.29) is 10.7 Å². The molecule has 0 radical (unpaired) electrons. The van der Waals surface area contributed by atoms with Crippen LogP contribution < -0.4 is 5.32 Å². The van der Waals surface area contributed by atoms with Crippen molar-refractivity contribution < 1.29 is 4.92 Å². The third-order valence-corrected chi connectivity index (χ3v) is 3.43. The molecule has 0 aliphatic rings. The number of nitro groups is 1. The van der Waals surface area contributed by atoms with Gasteiger partial charge in [0.2, 0.25) is 0 Å². The van der Waals surface area contributed by atoms with Gasteiger partial charge >= 0.3 is 5.69 Å². The van der Waals surface area contributed by atoms with Crippen molar-refractivity contribution in [3.05, 3.63) is 70.0 Å². The highest BCUT2D eigenvalue weighted by atomic mass is 35.5. The Morgan fingerprint density at radius 3 is 2.67 bits per heavy atom. The molecule has 1 N–H and O–H groups in total. The van der Waals surface area contributed by atoms with Crippen molar-refractivity contribution in [2.45, 2.75) is 0 Å². The van der Waals surface area contributed by atoms with Gasteiger partial charge in [-0.25, -0.2) is 0 Å². The van der Waals surface area contributed by atoms with Gasteiger partial charge < -0.3 is 5.32 Å². The molecule has 0 saturated heterocycles. The van der Waals surface area contributed by atoms with Crippen LogP contribution in [-0.2, 0) is 0 Å². The quantitative estimate of drug-likeness (QED) is 0.569. The monoisotopic (exact) mass is 299 g/mol. The van der Waals surface area contributed by atoms with Gasteiger partial charge in [-0.3, -0.25) is 15.1 Å². The van der Waals surface area contributed by atoms with Gasteiger partial charge in [0.15, 0.2) is 0 Å². The zero-order valence-corrected chi connectivity index (χ0v) is 11.5. The standard InChI is InChI=1S/C15H10ClN3O2/c16-12-4-2-6-14(15(12)19(20)21)18-13-5-1-3-10-7-8-17-9-11(10)13/h1-9,18H. The van der Waals surface area contributed by atoms with Crippen LogP contribution in [-0.4, -0.2) is 9.91 Å². The van der Waals surface area contributed by atoms with Crippen LogP contribution in [0.15, 0.2) is 54.9 Å². The first kappa shape index (κ1) is 13.3. The van der Waals surface area contributed by atoms with Crippen LogP contribution in [0.1, 0.15) is 0 Å². The minimum atomic E-state index is -0.492. The van der Waals surface area contributed by atoms with E-state index in [1.54, 1.807) is 24.5 Å². The fraction of sp³-hybridized carbons (Fsp3) is 0. The largest absolute Gasteiger partial charge is 0.349 e. The summed E-state index contributed by atoms with van der Waals surface area (Å²) >= 11 is 5.91. The Bertz CT molecular complexity index is 831. The molecule has 0 aliphatic heterocycles. The molecule has 0 saturated carbocycles. The lowest BCUT2D eigenvalue weighted by molar-refractivity contribution is -0.383. The topological polar surface area (TPSA) is 68.1 Å². The number of aromatic nitrogens is 1. The van der Waals surface area contributed by atoms with Gasteiger partial charge in [0.1, 0.15) is 10.7 Å². The third-order valence-electron chi connectivity index (χ3n) is 3.12. The summed E-state index contributed by atoms with van der Waals surface area (Å²) in [6, 6.07) is 12.3. The van der Waals surface area contributed by atoms with E-state index in [1.165, 1.54) is 6.07 Å². The van der Waals surface area contributed by atoms with Crippen molar-refractivity contribution in [3.63, 3.8) is 0 Å². The molecule has 0 bridgehead atoms. The van der Waals surface area contributed by atoms with Gasteiger partial charge in [-0.1, -0.05) is 29.8 Å². The fourth-order valence-electron chi connectivity index (χ4n) is 2.17. The number of halogens is 1. The van der Waals surface area contributed by atoms with Crippen LogP contribution in [0.5, 0.6) is 0 Å². The summed E-state index contributed by atoms with van der Waals surface area (Å²) in [5.74, 6) is 0. The lowest BCUT2D eigenvalue weighted by Gasteiger charge is -2.10.